The lowest BCUT2D eigenvalue weighted by atomic mass is 10.1. The first-order valence-electron chi connectivity index (χ1n) is 5.63. The fraction of sp³-hybridized carbons (Fsp3) is 0.385. The second-order valence-corrected chi connectivity index (χ2v) is 4.91. The maximum Gasteiger partial charge on any atom is 0.256 e. The van der Waals surface area contributed by atoms with Crippen molar-refractivity contribution in [1.82, 2.24) is 4.90 Å². The summed E-state index contributed by atoms with van der Waals surface area (Å²) in [5.41, 5.74) is 0.0244. The Morgan fingerprint density at radius 3 is 2.83 bits per heavy atom. The summed E-state index contributed by atoms with van der Waals surface area (Å²) in [7, 11) is 0. The standard InChI is InChI=1S/C13H14BrFN2O/c1-3-17(8-9(2)7-16)13(18)11-6-10(14)4-5-12(11)15/h4-6,9H,3,8H2,1-2H3. The van der Waals surface area contributed by atoms with Crippen molar-refractivity contribution in [3.8, 4) is 6.07 Å². The molecule has 0 heterocycles. The third-order valence-electron chi connectivity index (χ3n) is 2.54. The van der Waals surface area contributed by atoms with Crippen LogP contribution in [0.15, 0.2) is 22.7 Å². The van der Waals surface area contributed by atoms with Gasteiger partial charge in [-0.1, -0.05) is 15.9 Å². The number of nitriles is 1. The normalized spacial score (nSPS) is 11.7. The van der Waals surface area contributed by atoms with Crippen LogP contribution in [-0.2, 0) is 0 Å². The van der Waals surface area contributed by atoms with E-state index in [1.54, 1.807) is 19.9 Å². The van der Waals surface area contributed by atoms with Gasteiger partial charge in [-0.15, -0.1) is 0 Å². The van der Waals surface area contributed by atoms with E-state index in [-0.39, 0.29) is 11.5 Å². The van der Waals surface area contributed by atoms with Gasteiger partial charge < -0.3 is 4.90 Å². The average Bonchev–Trinajstić information content (AvgIpc) is 2.37. The van der Waals surface area contributed by atoms with Crippen LogP contribution >= 0.6 is 15.9 Å². The van der Waals surface area contributed by atoms with Gasteiger partial charge in [0, 0.05) is 17.6 Å². The minimum atomic E-state index is -0.550. The first-order valence-corrected chi connectivity index (χ1v) is 6.42. The first-order chi connectivity index (χ1) is 8.49. The molecule has 0 spiro atoms. The zero-order chi connectivity index (χ0) is 13.7. The van der Waals surface area contributed by atoms with Crippen LogP contribution in [0.3, 0.4) is 0 Å². The molecule has 5 heteroatoms. The molecular weight excluding hydrogens is 299 g/mol. The van der Waals surface area contributed by atoms with Crippen LogP contribution in [0.5, 0.6) is 0 Å². The number of carbonyl (C=O) groups excluding carboxylic acids is 1. The predicted octanol–water partition coefficient (Wildman–Crippen LogP) is 3.21. The van der Waals surface area contributed by atoms with Gasteiger partial charge >= 0.3 is 0 Å². The number of halogens is 2. The zero-order valence-electron chi connectivity index (χ0n) is 10.3. The van der Waals surface area contributed by atoms with Crippen LogP contribution in [0.1, 0.15) is 24.2 Å². The molecule has 18 heavy (non-hydrogen) atoms. The number of carbonyl (C=O) groups is 1. The lowest BCUT2D eigenvalue weighted by Gasteiger charge is -2.22. The van der Waals surface area contributed by atoms with Gasteiger partial charge in [0.25, 0.3) is 5.91 Å². The second kappa shape index (κ2) is 6.50. The third kappa shape index (κ3) is 3.54. The highest BCUT2D eigenvalue weighted by molar-refractivity contribution is 9.10. The molecule has 0 bridgehead atoms. The SMILES string of the molecule is CCN(CC(C)C#N)C(=O)c1cc(Br)ccc1F. The molecule has 0 saturated heterocycles. The van der Waals surface area contributed by atoms with Crippen molar-refractivity contribution in [2.24, 2.45) is 5.92 Å². The summed E-state index contributed by atoms with van der Waals surface area (Å²) >= 11 is 3.21. The highest BCUT2D eigenvalue weighted by Crippen LogP contribution is 2.17. The Hall–Kier alpha value is -1.41. The lowest BCUT2D eigenvalue weighted by Crippen LogP contribution is -2.34. The quantitative estimate of drug-likeness (QED) is 0.857. The molecule has 0 radical (unpaired) electrons. The van der Waals surface area contributed by atoms with Crippen molar-refractivity contribution in [3.63, 3.8) is 0 Å². The van der Waals surface area contributed by atoms with Gasteiger partial charge in [-0.3, -0.25) is 4.79 Å². The Morgan fingerprint density at radius 1 is 1.61 bits per heavy atom. The van der Waals surface area contributed by atoms with Crippen LogP contribution in [0.2, 0.25) is 0 Å². The molecule has 1 aromatic carbocycles. The first kappa shape index (κ1) is 14.7. The highest BCUT2D eigenvalue weighted by Gasteiger charge is 2.20. The van der Waals surface area contributed by atoms with Crippen LogP contribution in [0, 0.1) is 23.1 Å². The highest BCUT2D eigenvalue weighted by atomic mass is 79.9. The van der Waals surface area contributed by atoms with Gasteiger partial charge in [0.15, 0.2) is 0 Å². The molecular formula is C13H14BrFN2O. The Labute approximate surface area is 114 Å². The number of amides is 1. The van der Waals surface area contributed by atoms with Crippen LogP contribution < -0.4 is 0 Å². The number of rotatable bonds is 4. The van der Waals surface area contributed by atoms with E-state index in [0.29, 0.717) is 17.6 Å². The van der Waals surface area contributed by atoms with E-state index in [9.17, 15) is 9.18 Å². The van der Waals surface area contributed by atoms with E-state index >= 15 is 0 Å². The summed E-state index contributed by atoms with van der Waals surface area (Å²) in [5, 5.41) is 8.76. The fourth-order valence-corrected chi connectivity index (χ4v) is 1.92. The summed E-state index contributed by atoms with van der Waals surface area (Å²) in [4.78, 5) is 13.6. The molecule has 0 aliphatic rings. The van der Waals surface area contributed by atoms with Crippen LogP contribution in [0.4, 0.5) is 4.39 Å². The minimum absolute atomic E-state index is 0.0244. The lowest BCUT2D eigenvalue weighted by molar-refractivity contribution is 0.0748. The molecule has 0 aliphatic carbocycles. The minimum Gasteiger partial charge on any atom is -0.338 e. The number of hydrogen-bond donors (Lipinski definition) is 0. The molecule has 1 amide bonds. The third-order valence-corrected chi connectivity index (χ3v) is 3.04. The van der Waals surface area contributed by atoms with Crippen molar-refractivity contribution < 1.29 is 9.18 Å². The molecule has 0 N–H and O–H groups in total. The summed E-state index contributed by atoms with van der Waals surface area (Å²) in [6.07, 6.45) is 0. The monoisotopic (exact) mass is 312 g/mol. The maximum absolute atomic E-state index is 13.6. The zero-order valence-corrected chi connectivity index (χ0v) is 11.9. The van der Waals surface area contributed by atoms with Gasteiger partial charge in [-0.25, -0.2) is 4.39 Å². The molecule has 1 aromatic rings. The molecule has 1 unspecified atom stereocenters. The summed E-state index contributed by atoms with van der Waals surface area (Å²) in [6.45, 7) is 4.28. The smallest absolute Gasteiger partial charge is 0.256 e. The summed E-state index contributed by atoms with van der Waals surface area (Å²) in [6, 6.07) is 6.31. The van der Waals surface area contributed by atoms with E-state index in [2.05, 4.69) is 22.0 Å². The topological polar surface area (TPSA) is 44.1 Å². The van der Waals surface area contributed by atoms with Crippen LogP contribution in [-0.4, -0.2) is 23.9 Å². The number of hydrogen-bond acceptors (Lipinski definition) is 2. The number of nitrogens with zero attached hydrogens (tertiary/aromatic N) is 2. The Kier molecular flexibility index (Phi) is 5.29. The second-order valence-electron chi connectivity index (χ2n) is 4.00. The molecule has 96 valence electrons. The van der Waals surface area contributed by atoms with E-state index in [1.807, 2.05) is 0 Å². The van der Waals surface area contributed by atoms with Gasteiger partial charge in [0.2, 0.25) is 0 Å². The van der Waals surface area contributed by atoms with Crippen LogP contribution in [0.25, 0.3) is 0 Å². The van der Waals surface area contributed by atoms with Crippen molar-refractivity contribution in [2.75, 3.05) is 13.1 Å². The Balaban J connectivity index is 2.97. The molecule has 0 aromatic heterocycles. The Morgan fingerprint density at radius 2 is 2.28 bits per heavy atom. The van der Waals surface area contributed by atoms with Crippen molar-refractivity contribution in [3.05, 3.63) is 34.1 Å². The van der Waals surface area contributed by atoms with Gasteiger partial charge in [-0.05, 0) is 32.0 Å². The molecule has 3 nitrogen and oxygen atoms in total. The molecule has 1 rings (SSSR count). The van der Waals surface area contributed by atoms with Crippen molar-refractivity contribution >= 4 is 21.8 Å². The molecule has 1 atom stereocenters. The van der Waals surface area contributed by atoms with Gasteiger partial charge in [0.05, 0.1) is 17.6 Å². The van der Waals surface area contributed by atoms with E-state index < -0.39 is 11.7 Å². The van der Waals surface area contributed by atoms with E-state index in [1.165, 1.54) is 17.0 Å². The molecule has 0 saturated carbocycles. The largest absolute Gasteiger partial charge is 0.338 e. The molecule has 0 aliphatic heterocycles. The fourth-order valence-electron chi connectivity index (χ4n) is 1.56. The van der Waals surface area contributed by atoms with Gasteiger partial charge in [0.1, 0.15) is 5.82 Å². The molecule has 0 fully saturated rings. The average molecular weight is 313 g/mol. The van der Waals surface area contributed by atoms with Crippen molar-refractivity contribution in [2.45, 2.75) is 13.8 Å². The van der Waals surface area contributed by atoms with E-state index in [0.717, 1.165) is 0 Å². The maximum atomic E-state index is 13.6. The summed E-state index contributed by atoms with van der Waals surface area (Å²) in [5.74, 6) is -1.21. The van der Waals surface area contributed by atoms with Crippen molar-refractivity contribution in [1.29, 1.82) is 5.26 Å². The number of benzene rings is 1. The van der Waals surface area contributed by atoms with Gasteiger partial charge in [-0.2, -0.15) is 5.26 Å². The summed E-state index contributed by atoms with van der Waals surface area (Å²) < 4.78 is 14.3. The Bertz CT molecular complexity index is 484. The van der Waals surface area contributed by atoms with E-state index in [4.69, 9.17) is 5.26 Å². The predicted molar refractivity (Wildman–Crippen MR) is 70.5 cm³/mol.